The zero-order valence-corrected chi connectivity index (χ0v) is 9.20. The number of allylic oxidation sites excluding steroid dienone is 2. The summed E-state index contributed by atoms with van der Waals surface area (Å²) in [4.78, 5) is 4.37. The number of nitrogens with two attached hydrogens (primary N) is 2. The first-order valence-corrected chi connectivity index (χ1v) is 4.88. The molecule has 1 rings (SSSR count). The lowest BCUT2D eigenvalue weighted by Crippen LogP contribution is -2.14. The van der Waals surface area contributed by atoms with Gasteiger partial charge in [-0.25, -0.2) is 0 Å². The van der Waals surface area contributed by atoms with E-state index in [0.29, 0.717) is 17.9 Å². The Bertz CT molecular complexity index is 373. The van der Waals surface area contributed by atoms with E-state index in [1.807, 2.05) is 37.3 Å². The molecule has 0 aromatic heterocycles. The molecule has 3 heteroatoms. The van der Waals surface area contributed by atoms with Gasteiger partial charge in [-0.2, -0.15) is 0 Å². The Balaban J connectivity index is 2.71. The normalized spacial score (nSPS) is 13.6. The van der Waals surface area contributed by atoms with Crippen LogP contribution in [0.25, 0.3) is 0 Å². The van der Waals surface area contributed by atoms with Crippen molar-refractivity contribution in [2.75, 3.05) is 0 Å². The highest BCUT2D eigenvalue weighted by Crippen LogP contribution is 2.02. The van der Waals surface area contributed by atoms with Crippen LogP contribution in [0.4, 0.5) is 0 Å². The highest BCUT2D eigenvalue weighted by atomic mass is 14.8. The van der Waals surface area contributed by atoms with Gasteiger partial charge in [-0.15, -0.1) is 0 Å². The summed E-state index contributed by atoms with van der Waals surface area (Å²) in [6, 6.07) is 10.0. The van der Waals surface area contributed by atoms with Crippen molar-refractivity contribution < 1.29 is 0 Å². The van der Waals surface area contributed by atoms with Crippen molar-refractivity contribution in [3.05, 3.63) is 47.3 Å². The molecule has 1 aromatic carbocycles. The molecule has 0 unspecified atom stereocenters. The van der Waals surface area contributed by atoms with E-state index in [2.05, 4.69) is 4.99 Å². The van der Waals surface area contributed by atoms with Crippen LogP contribution in [-0.2, 0) is 6.54 Å². The van der Waals surface area contributed by atoms with E-state index in [9.17, 15) is 0 Å². The number of hydrogen-bond acceptors (Lipinski definition) is 3. The summed E-state index contributed by atoms with van der Waals surface area (Å²) in [5.74, 6) is 0. The monoisotopic (exact) mass is 203 g/mol. The third kappa shape index (κ3) is 3.46. The first-order chi connectivity index (χ1) is 7.11. The van der Waals surface area contributed by atoms with Gasteiger partial charge in [0.1, 0.15) is 0 Å². The SMILES string of the molecule is CC(=NCc1ccccc1)/C(N)=C(/C)N. The Morgan fingerprint density at radius 1 is 1.13 bits per heavy atom. The minimum absolute atomic E-state index is 0.575. The van der Waals surface area contributed by atoms with Crippen molar-refractivity contribution >= 4 is 5.71 Å². The lowest BCUT2D eigenvalue weighted by atomic mass is 10.2. The molecule has 0 saturated carbocycles. The van der Waals surface area contributed by atoms with Gasteiger partial charge in [-0.1, -0.05) is 30.3 Å². The molecule has 0 heterocycles. The lowest BCUT2D eigenvalue weighted by Gasteiger charge is -2.03. The minimum Gasteiger partial charge on any atom is -0.401 e. The van der Waals surface area contributed by atoms with Gasteiger partial charge in [0.05, 0.1) is 18.0 Å². The average molecular weight is 203 g/mol. The van der Waals surface area contributed by atoms with Crippen LogP contribution in [0.3, 0.4) is 0 Å². The molecule has 0 bridgehead atoms. The average Bonchev–Trinajstić information content (AvgIpc) is 2.26. The fraction of sp³-hybridized carbons (Fsp3) is 0.250. The van der Waals surface area contributed by atoms with Gasteiger partial charge in [-0.3, -0.25) is 4.99 Å². The van der Waals surface area contributed by atoms with Crippen LogP contribution in [0.5, 0.6) is 0 Å². The molecule has 0 aliphatic rings. The summed E-state index contributed by atoms with van der Waals surface area (Å²) < 4.78 is 0. The van der Waals surface area contributed by atoms with E-state index in [0.717, 1.165) is 5.71 Å². The largest absolute Gasteiger partial charge is 0.401 e. The Kier molecular flexibility index (Phi) is 3.92. The molecule has 0 aliphatic carbocycles. The van der Waals surface area contributed by atoms with Crippen LogP contribution < -0.4 is 11.5 Å². The van der Waals surface area contributed by atoms with Crippen molar-refractivity contribution in [3.63, 3.8) is 0 Å². The predicted octanol–water partition coefficient (Wildman–Crippen LogP) is 1.80. The van der Waals surface area contributed by atoms with Gasteiger partial charge in [0.15, 0.2) is 0 Å². The fourth-order valence-corrected chi connectivity index (χ4v) is 1.16. The zero-order valence-electron chi connectivity index (χ0n) is 9.20. The van der Waals surface area contributed by atoms with Gasteiger partial charge in [0.25, 0.3) is 0 Å². The standard InChI is InChI=1S/C12H17N3/c1-9(13)12(14)10(2)15-8-11-6-4-3-5-7-11/h3-7H,8,13-14H2,1-2H3/b12-9+,15-10?. The molecule has 1 aromatic rings. The Labute approximate surface area is 90.5 Å². The molecule has 4 N–H and O–H groups in total. The Hall–Kier alpha value is -1.77. The quantitative estimate of drug-likeness (QED) is 0.736. The second-order valence-corrected chi connectivity index (χ2v) is 3.48. The first-order valence-electron chi connectivity index (χ1n) is 4.88. The van der Waals surface area contributed by atoms with Gasteiger partial charge in [0.2, 0.25) is 0 Å². The van der Waals surface area contributed by atoms with Crippen molar-refractivity contribution in [2.24, 2.45) is 16.5 Å². The van der Waals surface area contributed by atoms with E-state index >= 15 is 0 Å². The fourth-order valence-electron chi connectivity index (χ4n) is 1.16. The number of hydrogen-bond donors (Lipinski definition) is 2. The highest BCUT2D eigenvalue weighted by Gasteiger charge is 1.98. The van der Waals surface area contributed by atoms with E-state index in [4.69, 9.17) is 11.5 Å². The van der Waals surface area contributed by atoms with E-state index in [-0.39, 0.29) is 0 Å². The number of nitrogens with zero attached hydrogens (tertiary/aromatic N) is 1. The van der Waals surface area contributed by atoms with Crippen LogP contribution in [-0.4, -0.2) is 5.71 Å². The maximum absolute atomic E-state index is 5.75. The topological polar surface area (TPSA) is 64.4 Å². The molecule has 0 saturated heterocycles. The summed E-state index contributed by atoms with van der Waals surface area (Å²) >= 11 is 0. The van der Waals surface area contributed by atoms with Gasteiger partial charge in [0, 0.05) is 5.70 Å². The third-order valence-corrected chi connectivity index (χ3v) is 2.16. The molecular formula is C12H17N3. The van der Waals surface area contributed by atoms with Crippen molar-refractivity contribution in [2.45, 2.75) is 20.4 Å². The van der Waals surface area contributed by atoms with Crippen LogP contribution in [0.1, 0.15) is 19.4 Å². The predicted molar refractivity (Wildman–Crippen MR) is 64.3 cm³/mol. The summed E-state index contributed by atoms with van der Waals surface area (Å²) in [5.41, 5.74) is 14.5. The van der Waals surface area contributed by atoms with Crippen molar-refractivity contribution in [1.29, 1.82) is 0 Å². The molecule has 0 amide bonds. The maximum atomic E-state index is 5.75. The molecule has 80 valence electrons. The van der Waals surface area contributed by atoms with Crippen molar-refractivity contribution in [3.8, 4) is 0 Å². The smallest absolute Gasteiger partial charge is 0.0713 e. The minimum atomic E-state index is 0.575. The molecule has 0 aliphatic heterocycles. The first kappa shape index (κ1) is 11.3. The van der Waals surface area contributed by atoms with E-state index in [1.54, 1.807) is 6.92 Å². The van der Waals surface area contributed by atoms with Crippen molar-refractivity contribution in [1.82, 2.24) is 0 Å². The second-order valence-electron chi connectivity index (χ2n) is 3.48. The number of aliphatic imine (C=N–C) groups is 1. The lowest BCUT2D eigenvalue weighted by molar-refractivity contribution is 1.06. The molecule has 0 atom stereocenters. The van der Waals surface area contributed by atoms with Crippen LogP contribution in [0.2, 0.25) is 0 Å². The van der Waals surface area contributed by atoms with E-state index < -0.39 is 0 Å². The van der Waals surface area contributed by atoms with Gasteiger partial charge >= 0.3 is 0 Å². The summed E-state index contributed by atoms with van der Waals surface area (Å²) in [6.45, 7) is 4.28. The second kappa shape index (κ2) is 5.20. The number of rotatable bonds is 3. The summed E-state index contributed by atoms with van der Waals surface area (Å²) in [5, 5.41) is 0. The van der Waals surface area contributed by atoms with Crippen LogP contribution >= 0.6 is 0 Å². The molecule has 0 spiro atoms. The molecule has 15 heavy (non-hydrogen) atoms. The Morgan fingerprint density at radius 3 is 2.27 bits per heavy atom. The summed E-state index contributed by atoms with van der Waals surface area (Å²) in [6.07, 6.45) is 0. The summed E-state index contributed by atoms with van der Waals surface area (Å²) in [7, 11) is 0. The highest BCUT2D eigenvalue weighted by molar-refractivity contribution is 5.97. The van der Waals surface area contributed by atoms with Crippen LogP contribution in [0, 0.1) is 0 Å². The third-order valence-electron chi connectivity index (χ3n) is 2.16. The van der Waals surface area contributed by atoms with Crippen LogP contribution in [0.15, 0.2) is 46.7 Å². The van der Waals surface area contributed by atoms with E-state index in [1.165, 1.54) is 5.56 Å². The van der Waals surface area contributed by atoms with Gasteiger partial charge in [-0.05, 0) is 19.4 Å². The molecular weight excluding hydrogens is 186 g/mol. The van der Waals surface area contributed by atoms with Gasteiger partial charge < -0.3 is 11.5 Å². The molecule has 0 radical (unpaired) electrons. The zero-order chi connectivity index (χ0) is 11.3. The molecule has 3 nitrogen and oxygen atoms in total. The Morgan fingerprint density at radius 2 is 1.73 bits per heavy atom. The maximum Gasteiger partial charge on any atom is 0.0713 e. The number of benzene rings is 1. The molecule has 0 fully saturated rings.